The van der Waals surface area contributed by atoms with Crippen LogP contribution in [-0.2, 0) is 9.53 Å². The van der Waals surface area contributed by atoms with Crippen molar-refractivity contribution in [1.82, 2.24) is 0 Å². The van der Waals surface area contributed by atoms with E-state index >= 15 is 0 Å². The minimum absolute atomic E-state index is 0.0261. The van der Waals surface area contributed by atoms with Crippen LogP contribution in [0.15, 0.2) is 23.3 Å². The number of rotatable bonds is 0. The molecule has 0 amide bonds. The summed E-state index contributed by atoms with van der Waals surface area (Å²) in [4.78, 5) is 11.6. The monoisotopic (exact) mass is 248 g/mol. The fourth-order valence-electron chi connectivity index (χ4n) is 3.88. The van der Waals surface area contributed by atoms with Crippen LogP contribution in [0.5, 0.6) is 0 Å². The molecule has 2 saturated carbocycles. The van der Waals surface area contributed by atoms with E-state index in [0.717, 1.165) is 42.4 Å². The molecule has 0 unspecified atom stereocenters. The molecule has 3 heteroatoms. The summed E-state index contributed by atoms with van der Waals surface area (Å²) in [6.07, 6.45) is 3.07. The van der Waals surface area contributed by atoms with Crippen LogP contribution in [0.25, 0.3) is 0 Å². The van der Waals surface area contributed by atoms with E-state index in [1.807, 2.05) is 6.92 Å². The quantitative estimate of drug-likeness (QED) is 0.529. The molecule has 2 aliphatic carbocycles. The first kappa shape index (κ1) is 12.0. The molecule has 0 spiro atoms. The Morgan fingerprint density at radius 2 is 2.22 bits per heavy atom. The van der Waals surface area contributed by atoms with Crippen molar-refractivity contribution >= 4 is 5.97 Å². The summed E-state index contributed by atoms with van der Waals surface area (Å²) in [6.45, 7) is 8.18. The van der Waals surface area contributed by atoms with Gasteiger partial charge in [-0.25, -0.2) is 4.79 Å². The first-order valence-electron chi connectivity index (χ1n) is 6.70. The Labute approximate surface area is 108 Å². The molecule has 0 aromatic heterocycles. The van der Waals surface area contributed by atoms with Gasteiger partial charge >= 0.3 is 5.97 Å². The van der Waals surface area contributed by atoms with Gasteiger partial charge in [-0.15, -0.1) is 0 Å². The Morgan fingerprint density at radius 3 is 2.94 bits per heavy atom. The first-order valence-corrected chi connectivity index (χ1v) is 6.70. The third-order valence-corrected chi connectivity index (χ3v) is 5.21. The van der Waals surface area contributed by atoms with E-state index in [0.29, 0.717) is 0 Å². The zero-order chi connectivity index (χ0) is 13.1. The lowest BCUT2D eigenvalue weighted by Gasteiger charge is -2.49. The third-order valence-electron chi connectivity index (χ3n) is 5.21. The molecule has 3 nitrogen and oxygen atoms in total. The molecule has 0 aromatic carbocycles. The van der Waals surface area contributed by atoms with Gasteiger partial charge in [0, 0.05) is 5.57 Å². The van der Waals surface area contributed by atoms with E-state index in [1.165, 1.54) is 0 Å². The van der Waals surface area contributed by atoms with E-state index in [4.69, 9.17) is 4.74 Å². The van der Waals surface area contributed by atoms with Gasteiger partial charge in [-0.2, -0.15) is 0 Å². The number of fused-ring (bicyclic) bond motifs is 2. The first-order chi connectivity index (χ1) is 8.42. The summed E-state index contributed by atoms with van der Waals surface area (Å²) < 4.78 is 5.45. The predicted octanol–water partition coefficient (Wildman–Crippen LogP) is 2.36. The summed E-state index contributed by atoms with van der Waals surface area (Å²) in [5, 5.41) is 9.98. The highest BCUT2D eigenvalue weighted by Crippen LogP contribution is 2.55. The summed E-state index contributed by atoms with van der Waals surface area (Å²) in [7, 11) is 0. The molecule has 1 aliphatic heterocycles. The second-order valence-corrected chi connectivity index (χ2v) is 6.29. The van der Waals surface area contributed by atoms with Crippen LogP contribution in [0.2, 0.25) is 0 Å². The second kappa shape index (κ2) is 3.70. The summed E-state index contributed by atoms with van der Waals surface area (Å²) >= 11 is 0. The van der Waals surface area contributed by atoms with Crippen LogP contribution in [0, 0.1) is 11.3 Å². The van der Waals surface area contributed by atoms with Crippen molar-refractivity contribution in [2.75, 3.05) is 0 Å². The Bertz CT molecular complexity index is 462. The normalized spacial score (nSPS) is 43.6. The molecular formula is C15H20O3. The van der Waals surface area contributed by atoms with Crippen LogP contribution >= 0.6 is 0 Å². The average molecular weight is 248 g/mol. The van der Waals surface area contributed by atoms with Crippen molar-refractivity contribution in [3.05, 3.63) is 23.3 Å². The van der Waals surface area contributed by atoms with Crippen LogP contribution in [0.3, 0.4) is 0 Å². The standard InChI is InChI=1S/C15H20O3/c1-8-10-6-11-9(2)12(16)4-5-15(11,3)7-13(10)18-14(8)17/h11-13,16H,2,4-7H2,1,3H3/t11-,12+,13-,15+/m0/s1. The van der Waals surface area contributed by atoms with Gasteiger partial charge in [0.05, 0.1) is 6.10 Å². The lowest BCUT2D eigenvalue weighted by molar-refractivity contribution is -0.142. The minimum atomic E-state index is -0.376. The van der Waals surface area contributed by atoms with Crippen molar-refractivity contribution in [2.24, 2.45) is 11.3 Å². The fraction of sp³-hybridized carbons (Fsp3) is 0.667. The van der Waals surface area contributed by atoms with Crippen molar-refractivity contribution in [3.8, 4) is 0 Å². The molecule has 1 heterocycles. The number of ether oxygens (including phenoxy) is 1. The van der Waals surface area contributed by atoms with Gasteiger partial charge in [-0.05, 0) is 55.1 Å². The van der Waals surface area contributed by atoms with Gasteiger partial charge in [0.1, 0.15) is 6.10 Å². The minimum Gasteiger partial charge on any atom is -0.454 e. The number of esters is 1. The van der Waals surface area contributed by atoms with Gasteiger partial charge in [0.2, 0.25) is 0 Å². The number of hydrogen-bond donors (Lipinski definition) is 1. The van der Waals surface area contributed by atoms with Crippen LogP contribution in [-0.4, -0.2) is 23.3 Å². The van der Waals surface area contributed by atoms with Crippen LogP contribution < -0.4 is 0 Å². The molecule has 1 N–H and O–H groups in total. The van der Waals surface area contributed by atoms with Gasteiger partial charge in [0.15, 0.2) is 0 Å². The SMILES string of the molecule is C=C1[C@H](O)CC[C@]2(C)C[C@@H]3OC(=O)C(C)=C3C[C@@H]12. The average Bonchev–Trinajstić information content (AvgIpc) is 2.58. The Hall–Kier alpha value is -1.09. The molecule has 18 heavy (non-hydrogen) atoms. The largest absolute Gasteiger partial charge is 0.454 e. The molecule has 98 valence electrons. The van der Waals surface area contributed by atoms with E-state index in [9.17, 15) is 9.90 Å². The molecule has 0 radical (unpaired) electrons. The Balaban J connectivity index is 1.96. The van der Waals surface area contributed by atoms with Crippen molar-refractivity contribution in [3.63, 3.8) is 0 Å². The predicted molar refractivity (Wildman–Crippen MR) is 67.8 cm³/mol. The lowest BCUT2D eigenvalue weighted by atomic mass is 9.56. The van der Waals surface area contributed by atoms with Gasteiger partial charge in [-0.3, -0.25) is 0 Å². The van der Waals surface area contributed by atoms with Gasteiger partial charge in [0.25, 0.3) is 0 Å². The summed E-state index contributed by atoms with van der Waals surface area (Å²) in [6, 6.07) is 0. The molecule has 3 rings (SSSR count). The highest BCUT2D eigenvalue weighted by Gasteiger charge is 2.50. The maximum Gasteiger partial charge on any atom is 0.334 e. The van der Waals surface area contributed by atoms with E-state index in [-0.39, 0.29) is 29.5 Å². The lowest BCUT2D eigenvalue weighted by Crippen LogP contribution is -2.44. The van der Waals surface area contributed by atoms with Crippen molar-refractivity contribution < 1.29 is 14.6 Å². The molecule has 3 aliphatic rings. The molecular weight excluding hydrogens is 228 g/mol. The van der Waals surface area contributed by atoms with Crippen molar-refractivity contribution in [1.29, 1.82) is 0 Å². The molecule has 0 saturated heterocycles. The molecule has 0 aromatic rings. The highest BCUT2D eigenvalue weighted by molar-refractivity contribution is 5.91. The van der Waals surface area contributed by atoms with Gasteiger partial charge in [-0.1, -0.05) is 13.5 Å². The van der Waals surface area contributed by atoms with E-state index < -0.39 is 0 Å². The van der Waals surface area contributed by atoms with E-state index in [2.05, 4.69) is 13.5 Å². The number of carbonyl (C=O) groups excluding carboxylic acids is 1. The maximum absolute atomic E-state index is 11.6. The highest BCUT2D eigenvalue weighted by atomic mass is 16.5. The van der Waals surface area contributed by atoms with Crippen molar-refractivity contribution in [2.45, 2.75) is 51.7 Å². The summed E-state index contributed by atoms with van der Waals surface area (Å²) in [5.41, 5.74) is 2.98. The molecule has 4 atom stereocenters. The zero-order valence-corrected chi connectivity index (χ0v) is 11.0. The van der Waals surface area contributed by atoms with Crippen LogP contribution in [0.4, 0.5) is 0 Å². The number of aliphatic hydroxyl groups is 1. The molecule has 0 bridgehead atoms. The Kier molecular flexibility index (Phi) is 2.46. The van der Waals surface area contributed by atoms with E-state index in [1.54, 1.807) is 0 Å². The second-order valence-electron chi connectivity index (χ2n) is 6.29. The smallest absolute Gasteiger partial charge is 0.334 e. The fourth-order valence-corrected chi connectivity index (χ4v) is 3.88. The third kappa shape index (κ3) is 1.50. The number of carbonyl (C=O) groups is 1. The topological polar surface area (TPSA) is 46.5 Å². The maximum atomic E-state index is 11.6. The number of aliphatic hydroxyl groups excluding tert-OH is 1. The number of hydrogen-bond acceptors (Lipinski definition) is 3. The Morgan fingerprint density at radius 1 is 1.50 bits per heavy atom. The van der Waals surface area contributed by atoms with Gasteiger partial charge < -0.3 is 9.84 Å². The zero-order valence-electron chi connectivity index (χ0n) is 11.0. The summed E-state index contributed by atoms with van der Waals surface area (Å²) in [5.74, 6) is 0.125. The van der Waals surface area contributed by atoms with Crippen LogP contribution in [0.1, 0.15) is 39.5 Å². The molecule has 2 fully saturated rings.